The summed E-state index contributed by atoms with van der Waals surface area (Å²) >= 11 is 3.40. The molecule has 5 rings (SSSR count). The van der Waals surface area contributed by atoms with Crippen LogP contribution >= 0.6 is 22.7 Å². The zero-order valence-corrected chi connectivity index (χ0v) is 17.1. The number of thiophene rings is 1. The first-order valence-corrected chi connectivity index (χ1v) is 11.0. The number of hydrogen-bond donors (Lipinski definition) is 0. The van der Waals surface area contributed by atoms with Crippen molar-refractivity contribution < 1.29 is 0 Å². The summed E-state index contributed by atoms with van der Waals surface area (Å²) in [5, 5.41) is 12.3. The van der Waals surface area contributed by atoms with Crippen LogP contribution in [0.4, 0.5) is 5.13 Å². The lowest BCUT2D eigenvalue weighted by Gasteiger charge is -2.21. The van der Waals surface area contributed by atoms with E-state index in [-0.39, 0.29) is 6.04 Å². The number of aromatic nitrogens is 1. The molecular formula is C23H19N3S2. The van der Waals surface area contributed by atoms with Gasteiger partial charge in [0.15, 0.2) is 0 Å². The molecule has 0 amide bonds. The number of anilines is 1. The van der Waals surface area contributed by atoms with Crippen molar-refractivity contribution in [3.8, 4) is 11.3 Å². The number of benzene rings is 2. The minimum Gasteiger partial charge on any atom is -0.231 e. The van der Waals surface area contributed by atoms with Crippen LogP contribution in [-0.2, 0) is 0 Å². The lowest BCUT2D eigenvalue weighted by molar-refractivity contribution is 0.706. The molecule has 0 saturated carbocycles. The molecule has 2 aromatic heterocycles. The van der Waals surface area contributed by atoms with E-state index in [4.69, 9.17) is 10.1 Å². The third kappa shape index (κ3) is 3.28. The molecule has 3 nitrogen and oxygen atoms in total. The van der Waals surface area contributed by atoms with Crippen LogP contribution in [0.15, 0.2) is 82.6 Å². The molecular weight excluding hydrogens is 382 g/mol. The fourth-order valence-corrected chi connectivity index (χ4v) is 4.99. The Balaban J connectivity index is 1.53. The normalized spacial score (nSPS) is 16.4. The minimum atomic E-state index is 0.174. The van der Waals surface area contributed by atoms with Gasteiger partial charge in [0, 0.05) is 17.4 Å². The van der Waals surface area contributed by atoms with E-state index in [0.717, 1.165) is 28.5 Å². The van der Waals surface area contributed by atoms with Crippen LogP contribution in [0.25, 0.3) is 11.3 Å². The van der Waals surface area contributed by atoms with Crippen molar-refractivity contribution in [2.45, 2.75) is 19.4 Å². The maximum atomic E-state index is 5.00. The first-order valence-electron chi connectivity index (χ1n) is 9.26. The van der Waals surface area contributed by atoms with Gasteiger partial charge in [-0.05, 0) is 23.9 Å². The van der Waals surface area contributed by atoms with Gasteiger partial charge in [0.25, 0.3) is 0 Å². The highest BCUT2D eigenvalue weighted by Gasteiger charge is 2.32. The Hall–Kier alpha value is -2.76. The molecule has 138 valence electrons. The Morgan fingerprint density at radius 1 is 0.929 bits per heavy atom. The summed E-state index contributed by atoms with van der Waals surface area (Å²) in [6.07, 6.45) is 0.893. The van der Waals surface area contributed by atoms with Gasteiger partial charge in [-0.25, -0.2) is 9.99 Å². The Labute approximate surface area is 172 Å². The van der Waals surface area contributed by atoms with Gasteiger partial charge < -0.3 is 0 Å². The third-order valence-corrected chi connectivity index (χ3v) is 6.68. The van der Waals surface area contributed by atoms with Crippen LogP contribution in [0.3, 0.4) is 0 Å². The first-order chi connectivity index (χ1) is 13.8. The molecule has 0 aliphatic carbocycles. The van der Waals surface area contributed by atoms with Crippen molar-refractivity contribution in [2.24, 2.45) is 5.10 Å². The lowest BCUT2D eigenvalue weighted by Crippen LogP contribution is -2.18. The van der Waals surface area contributed by atoms with Crippen molar-refractivity contribution in [2.75, 3.05) is 5.01 Å². The largest absolute Gasteiger partial charge is 0.231 e. The van der Waals surface area contributed by atoms with Crippen LogP contribution in [0.1, 0.15) is 28.5 Å². The van der Waals surface area contributed by atoms with E-state index in [1.54, 1.807) is 22.7 Å². The SMILES string of the molecule is Cc1ccc([C@@H]2CC(c3cccs3)=NN2c2nc(-c3ccccc3)cs2)cc1. The molecule has 1 atom stereocenters. The topological polar surface area (TPSA) is 28.5 Å². The number of thiazole rings is 1. The molecule has 4 aromatic rings. The number of nitrogens with zero attached hydrogens (tertiary/aromatic N) is 3. The van der Waals surface area contributed by atoms with Crippen molar-refractivity contribution in [1.29, 1.82) is 0 Å². The predicted molar refractivity (Wildman–Crippen MR) is 119 cm³/mol. The van der Waals surface area contributed by atoms with Crippen LogP contribution in [-0.4, -0.2) is 10.7 Å². The van der Waals surface area contributed by atoms with Crippen LogP contribution in [0.5, 0.6) is 0 Å². The maximum Gasteiger partial charge on any atom is 0.207 e. The van der Waals surface area contributed by atoms with E-state index in [1.807, 2.05) is 18.2 Å². The molecule has 5 heteroatoms. The van der Waals surface area contributed by atoms with Gasteiger partial charge in [-0.3, -0.25) is 0 Å². The average molecular weight is 402 g/mol. The average Bonchev–Trinajstić information content (AvgIpc) is 3.48. The first kappa shape index (κ1) is 17.3. The zero-order valence-electron chi connectivity index (χ0n) is 15.4. The molecule has 0 bridgehead atoms. The Morgan fingerprint density at radius 3 is 2.50 bits per heavy atom. The molecule has 1 aliphatic rings. The van der Waals surface area contributed by atoms with Crippen LogP contribution in [0.2, 0.25) is 0 Å². The number of aryl methyl sites for hydroxylation is 1. The fraction of sp³-hybridized carbons (Fsp3) is 0.130. The van der Waals surface area contributed by atoms with Crippen molar-refractivity contribution in [3.05, 3.63) is 93.5 Å². The molecule has 0 saturated heterocycles. The molecule has 0 unspecified atom stereocenters. The molecule has 3 heterocycles. The molecule has 2 aromatic carbocycles. The summed E-state index contributed by atoms with van der Waals surface area (Å²) in [7, 11) is 0. The molecule has 0 N–H and O–H groups in total. The molecule has 28 heavy (non-hydrogen) atoms. The van der Waals surface area contributed by atoms with Gasteiger partial charge in [0.05, 0.1) is 22.3 Å². The highest BCUT2D eigenvalue weighted by molar-refractivity contribution is 7.14. The summed E-state index contributed by atoms with van der Waals surface area (Å²) < 4.78 is 0. The highest BCUT2D eigenvalue weighted by atomic mass is 32.1. The summed E-state index contributed by atoms with van der Waals surface area (Å²) in [6, 6.07) is 23.5. The van der Waals surface area contributed by atoms with E-state index in [2.05, 4.69) is 71.2 Å². The number of hydrogen-bond acceptors (Lipinski definition) is 5. The maximum absolute atomic E-state index is 5.00. The van der Waals surface area contributed by atoms with Crippen molar-refractivity contribution in [3.63, 3.8) is 0 Å². The van der Waals surface area contributed by atoms with Crippen molar-refractivity contribution >= 4 is 33.5 Å². The molecule has 1 aliphatic heterocycles. The molecule has 0 fully saturated rings. The quantitative estimate of drug-likeness (QED) is 0.389. The van der Waals surface area contributed by atoms with Gasteiger partial charge in [0.1, 0.15) is 0 Å². The van der Waals surface area contributed by atoms with E-state index >= 15 is 0 Å². The van der Waals surface area contributed by atoms with E-state index < -0.39 is 0 Å². The number of rotatable bonds is 4. The molecule has 0 radical (unpaired) electrons. The second-order valence-corrected chi connectivity index (χ2v) is 8.66. The summed E-state index contributed by atoms with van der Waals surface area (Å²) in [5.41, 5.74) is 5.82. The monoisotopic (exact) mass is 401 g/mol. The van der Waals surface area contributed by atoms with Crippen molar-refractivity contribution in [1.82, 2.24) is 4.98 Å². The third-order valence-electron chi connectivity index (χ3n) is 4.94. The Bertz CT molecular complexity index is 1100. The van der Waals surface area contributed by atoms with Gasteiger partial charge in [-0.2, -0.15) is 5.10 Å². The van der Waals surface area contributed by atoms with Gasteiger partial charge >= 0.3 is 0 Å². The highest BCUT2D eigenvalue weighted by Crippen LogP contribution is 2.39. The zero-order chi connectivity index (χ0) is 18.9. The minimum absolute atomic E-state index is 0.174. The van der Waals surface area contributed by atoms with Gasteiger partial charge in [-0.1, -0.05) is 66.2 Å². The fourth-order valence-electron chi connectivity index (χ4n) is 3.44. The Morgan fingerprint density at radius 2 is 1.75 bits per heavy atom. The van der Waals surface area contributed by atoms with Crippen LogP contribution in [0, 0.1) is 6.92 Å². The Kier molecular flexibility index (Phi) is 4.55. The second-order valence-electron chi connectivity index (χ2n) is 6.88. The summed E-state index contributed by atoms with van der Waals surface area (Å²) in [5.74, 6) is 0. The van der Waals surface area contributed by atoms with Gasteiger partial charge in [0.2, 0.25) is 5.13 Å². The van der Waals surface area contributed by atoms with E-state index in [0.29, 0.717) is 0 Å². The van der Waals surface area contributed by atoms with E-state index in [1.165, 1.54) is 16.0 Å². The van der Waals surface area contributed by atoms with Gasteiger partial charge in [-0.15, -0.1) is 22.7 Å². The second kappa shape index (κ2) is 7.34. The summed E-state index contributed by atoms with van der Waals surface area (Å²) in [6.45, 7) is 2.12. The number of hydrazone groups is 1. The van der Waals surface area contributed by atoms with E-state index in [9.17, 15) is 0 Å². The molecule has 0 spiro atoms. The smallest absolute Gasteiger partial charge is 0.207 e. The van der Waals surface area contributed by atoms with Crippen LogP contribution < -0.4 is 5.01 Å². The predicted octanol–water partition coefficient (Wildman–Crippen LogP) is 6.54. The lowest BCUT2D eigenvalue weighted by atomic mass is 10.0. The summed E-state index contributed by atoms with van der Waals surface area (Å²) in [4.78, 5) is 6.15. The standard InChI is InChI=1S/C23H19N3S2/c1-16-9-11-18(12-10-16)21-14-19(22-8-5-13-27-22)25-26(21)23-24-20(15-28-23)17-6-3-2-4-7-17/h2-13,15,21H,14H2,1H3/t21-/m0/s1.